The van der Waals surface area contributed by atoms with Crippen molar-refractivity contribution in [3.63, 3.8) is 0 Å². The van der Waals surface area contributed by atoms with E-state index in [-0.39, 0.29) is 11.7 Å². The standard InChI is InChI=1S/C12H13N3O3S2/c1-2-13-11(16)8-3-4-9-10(7-8)19-12-14-20(17,18)6-5-15(9)12/h3-4,7H,2,5-6H2,1H3,(H,13,16). The molecule has 0 saturated heterocycles. The fourth-order valence-corrected chi connectivity index (χ4v) is 4.43. The Labute approximate surface area is 121 Å². The van der Waals surface area contributed by atoms with Crippen LogP contribution in [0.5, 0.6) is 0 Å². The number of carbonyl (C=O) groups is 1. The summed E-state index contributed by atoms with van der Waals surface area (Å²) in [5, 5.41) is 3.21. The summed E-state index contributed by atoms with van der Waals surface area (Å²) in [6.07, 6.45) is 0. The first-order valence-electron chi connectivity index (χ1n) is 6.20. The Bertz CT molecular complexity index is 713. The van der Waals surface area contributed by atoms with Crippen LogP contribution in [0.15, 0.2) is 27.5 Å². The summed E-state index contributed by atoms with van der Waals surface area (Å²) in [6, 6.07) is 5.36. The normalized spacial score (nSPS) is 19.1. The fourth-order valence-electron chi connectivity index (χ4n) is 2.13. The van der Waals surface area contributed by atoms with Crippen LogP contribution in [-0.4, -0.2) is 38.3 Å². The second-order valence-electron chi connectivity index (χ2n) is 4.46. The number of hydrogen-bond acceptors (Lipinski definition) is 5. The lowest BCUT2D eigenvalue weighted by Gasteiger charge is -2.22. The highest BCUT2D eigenvalue weighted by molar-refractivity contribution is 8.15. The Morgan fingerprint density at radius 3 is 3.05 bits per heavy atom. The van der Waals surface area contributed by atoms with Gasteiger partial charge in [-0.05, 0) is 36.9 Å². The van der Waals surface area contributed by atoms with E-state index in [1.165, 1.54) is 11.8 Å². The zero-order valence-corrected chi connectivity index (χ0v) is 12.4. The van der Waals surface area contributed by atoms with E-state index in [2.05, 4.69) is 9.71 Å². The summed E-state index contributed by atoms with van der Waals surface area (Å²) in [5.41, 5.74) is 1.48. The summed E-state index contributed by atoms with van der Waals surface area (Å²) in [4.78, 5) is 14.5. The second-order valence-corrected chi connectivity index (χ2v) is 7.22. The van der Waals surface area contributed by atoms with E-state index >= 15 is 0 Å². The third-order valence-corrected chi connectivity index (χ3v) is 5.38. The summed E-state index contributed by atoms with van der Waals surface area (Å²) in [6.45, 7) is 2.83. The van der Waals surface area contributed by atoms with Crippen LogP contribution >= 0.6 is 11.8 Å². The first-order valence-corrected chi connectivity index (χ1v) is 8.63. The second kappa shape index (κ2) is 4.78. The van der Waals surface area contributed by atoms with Crippen LogP contribution in [0.25, 0.3) is 0 Å². The lowest BCUT2D eigenvalue weighted by atomic mass is 10.2. The minimum atomic E-state index is -3.34. The number of rotatable bonds is 2. The third-order valence-electron chi connectivity index (χ3n) is 3.07. The molecule has 8 heteroatoms. The molecule has 0 bridgehead atoms. The van der Waals surface area contributed by atoms with Crippen LogP contribution in [0, 0.1) is 0 Å². The maximum atomic E-state index is 11.8. The first kappa shape index (κ1) is 13.4. The minimum Gasteiger partial charge on any atom is -0.352 e. The van der Waals surface area contributed by atoms with Crippen LogP contribution in [0.3, 0.4) is 0 Å². The van der Waals surface area contributed by atoms with E-state index in [1.807, 2.05) is 17.9 Å². The van der Waals surface area contributed by atoms with Crippen molar-refractivity contribution >= 4 is 38.5 Å². The van der Waals surface area contributed by atoms with Crippen LogP contribution in [-0.2, 0) is 10.0 Å². The molecule has 0 saturated carbocycles. The Hall–Kier alpha value is -1.54. The largest absolute Gasteiger partial charge is 0.352 e. The number of carbonyl (C=O) groups excluding carboxylic acids is 1. The molecule has 0 aromatic heterocycles. The van der Waals surface area contributed by atoms with Gasteiger partial charge in [-0.2, -0.15) is 0 Å². The smallest absolute Gasteiger partial charge is 0.257 e. The van der Waals surface area contributed by atoms with Gasteiger partial charge in [0.25, 0.3) is 15.9 Å². The molecule has 0 spiro atoms. The summed E-state index contributed by atoms with van der Waals surface area (Å²) >= 11 is 1.29. The summed E-state index contributed by atoms with van der Waals surface area (Å²) in [5.74, 6) is -0.107. The van der Waals surface area contributed by atoms with Gasteiger partial charge in [0.05, 0.1) is 11.4 Å². The summed E-state index contributed by atoms with van der Waals surface area (Å²) in [7, 11) is -3.34. The number of amidine groups is 1. The molecule has 1 N–H and O–H groups in total. The molecule has 1 aromatic rings. The maximum Gasteiger partial charge on any atom is 0.257 e. The van der Waals surface area contributed by atoms with E-state index in [4.69, 9.17) is 0 Å². The third kappa shape index (κ3) is 2.29. The van der Waals surface area contributed by atoms with Crippen LogP contribution in [0.2, 0.25) is 0 Å². The zero-order chi connectivity index (χ0) is 14.3. The highest BCUT2D eigenvalue weighted by Gasteiger charge is 2.33. The molecule has 0 aliphatic carbocycles. The number of thioether (sulfide) groups is 1. The highest BCUT2D eigenvalue weighted by atomic mass is 32.2. The molecule has 1 aromatic carbocycles. The van der Waals surface area contributed by atoms with E-state index in [0.29, 0.717) is 23.8 Å². The van der Waals surface area contributed by atoms with Crippen molar-refractivity contribution in [1.29, 1.82) is 0 Å². The lowest BCUT2D eigenvalue weighted by molar-refractivity contribution is 0.0955. The van der Waals surface area contributed by atoms with E-state index in [9.17, 15) is 13.2 Å². The Balaban J connectivity index is 1.96. The zero-order valence-electron chi connectivity index (χ0n) is 10.8. The van der Waals surface area contributed by atoms with Crippen molar-refractivity contribution in [3.8, 4) is 0 Å². The van der Waals surface area contributed by atoms with Gasteiger partial charge >= 0.3 is 0 Å². The van der Waals surface area contributed by atoms with Gasteiger partial charge in [-0.15, -0.1) is 4.40 Å². The van der Waals surface area contributed by atoms with Crippen molar-refractivity contribution in [2.75, 3.05) is 23.7 Å². The van der Waals surface area contributed by atoms with Crippen molar-refractivity contribution in [1.82, 2.24) is 5.32 Å². The van der Waals surface area contributed by atoms with Crippen molar-refractivity contribution in [2.24, 2.45) is 4.40 Å². The van der Waals surface area contributed by atoms with Gasteiger partial charge < -0.3 is 10.2 Å². The number of fused-ring (bicyclic) bond motifs is 3. The monoisotopic (exact) mass is 311 g/mol. The molecular weight excluding hydrogens is 298 g/mol. The Morgan fingerprint density at radius 1 is 1.50 bits per heavy atom. The van der Waals surface area contributed by atoms with Crippen LogP contribution in [0.4, 0.5) is 5.69 Å². The van der Waals surface area contributed by atoms with Crippen molar-refractivity contribution in [2.45, 2.75) is 11.8 Å². The van der Waals surface area contributed by atoms with Crippen molar-refractivity contribution in [3.05, 3.63) is 23.8 Å². The number of benzene rings is 1. The topological polar surface area (TPSA) is 78.8 Å². The number of amides is 1. The van der Waals surface area contributed by atoms with Gasteiger partial charge in [0, 0.05) is 23.5 Å². The SMILES string of the molecule is CCNC(=O)c1ccc2c(c1)SC1=NS(=O)(=O)CCN12. The van der Waals surface area contributed by atoms with Gasteiger partial charge in [-0.1, -0.05) is 0 Å². The number of nitrogens with one attached hydrogen (secondary N) is 1. The average Bonchev–Trinajstić information content (AvgIpc) is 2.73. The predicted octanol–water partition coefficient (Wildman–Crippen LogP) is 1.05. The molecule has 0 atom stereocenters. The minimum absolute atomic E-state index is 0.0224. The number of hydrogen-bond donors (Lipinski definition) is 1. The van der Waals surface area contributed by atoms with E-state index < -0.39 is 10.0 Å². The molecule has 0 fully saturated rings. The Kier molecular flexibility index (Phi) is 3.21. The molecule has 20 heavy (non-hydrogen) atoms. The molecule has 2 aliphatic heterocycles. The fraction of sp³-hybridized carbons (Fsp3) is 0.333. The Morgan fingerprint density at radius 2 is 2.30 bits per heavy atom. The molecule has 3 rings (SSSR count). The number of anilines is 1. The first-order chi connectivity index (χ1) is 9.50. The quantitative estimate of drug-likeness (QED) is 0.883. The van der Waals surface area contributed by atoms with Gasteiger partial charge in [0.2, 0.25) is 0 Å². The van der Waals surface area contributed by atoms with Gasteiger partial charge in [-0.25, -0.2) is 8.42 Å². The van der Waals surface area contributed by atoms with Crippen LogP contribution < -0.4 is 10.2 Å². The molecule has 106 valence electrons. The molecule has 2 heterocycles. The van der Waals surface area contributed by atoms with E-state index in [0.717, 1.165) is 10.6 Å². The molecule has 0 unspecified atom stereocenters. The van der Waals surface area contributed by atoms with Crippen molar-refractivity contribution < 1.29 is 13.2 Å². The maximum absolute atomic E-state index is 11.8. The van der Waals surface area contributed by atoms with Crippen LogP contribution in [0.1, 0.15) is 17.3 Å². The highest BCUT2D eigenvalue weighted by Crippen LogP contribution is 2.42. The molecule has 6 nitrogen and oxygen atoms in total. The summed E-state index contributed by atoms with van der Waals surface area (Å²) < 4.78 is 26.8. The van der Waals surface area contributed by atoms with Gasteiger partial charge in [0.1, 0.15) is 0 Å². The lowest BCUT2D eigenvalue weighted by Crippen LogP contribution is -2.35. The van der Waals surface area contributed by atoms with E-state index in [1.54, 1.807) is 12.1 Å². The number of nitrogens with zero attached hydrogens (tertiary/aromatic N) is 2. The molecule has 2 aliphatic rings. The molecular formula is C12H13N3O3S2. The molecule has 0 radical (unpaired) electrons. The van der Waals surface area contributed by atoms with Gasteiger partial charge in [-0.3, -0.25) is 4.79 Å². The average molecular weight is 311 g/mol. The van der Waals surface area contributed by atoms with Gasteiger partial charge in [0.15, 0.2) is 5.17 Å². The molecule has 1 amide bonds. The number of sulfonamides is 1. The predicted molar refractivity (Wildman–Crippen MR) is 78.9 cm³/mol.